The Morgan fingerprint density at radius 2 is 1.58 bits per heavy atom. The summed E-state index contributed by atoms with van der Waals surface area (Å²) < 4.78 is 22.5. The molecular weight excluding hydrogens is 402 g/mol. The van der Waals surface area contributed by atoms with Gasteiger partial charge >= 0.3 is 5.97 Å². The molecule has 8 heteroatoms. The maximum atomic E-state index is 12.8. The molecule has 0 bridgehead atoms. The first-order valence-corrected chi connectivity index (χ1v) is 10.2. The van der Waals surface area contributed by atoms with Gasteiger partial charge in [0.15, 0.2) is 11.5 Å². The number of methoxy groups -OCH3 is 3. The Morgan fingerprint density at radius 3 is 2.19 bits per heavy atom. The normalized spacial score (nSPS) is 18.5. The van der Waals surface area contributed by atoms with Crippen molar-refractivity contribution in [2.45, 2.75) is 44.1 Å². The zero-order valence-corrected chi connectivity index (χ0v) is 18.0. The van der Waals surface area contributed by atoms with Crippen LogP contribution < -0.4 is 14.2 Å². The van der Waals surface area contributed by atoms with Gasteiger partial charge in [-0.05, 0) is 37.5 Å². The third kappa shape index (κ3) is 4.90. The molecular formula is C23H27NO7. The van der Waals surface area contributed by atoms with Gasteiger partial charge in [-0.15, -0.1) is 0 Å². The molecule has 1 saturated carbocycles. The van der Waals surface area contributed by atoms with Crippen LogP contribution in [-0.4, -0.2) is 38.3 Å². The number of hydrogen-bond acceptors (Lipinski definition) is 7. The van der Waals surface area contributed by atoms with Crippen LogP contribution in [0.25, 0.3) is 0 Å². The monoisotopic (exact) mass is 429 g/mol. The SMILES string of the molecule is COc1ccc(C2CCCCCC2OC(=O)c2ccc([N+](=O)[O-])cc2)c(OC)c1OC. The predicted octanol–water partition coefficient (Wildman–Crippen LogP) is 4.89. The molecule has 0 saturated heterocycles. The van der Waals surface area contributed by atoms with E-state index in [1.54, 1.807) is 21.3 Å². The van der Waals surface area contributed by atoms with E-state index in [1.807, 2.05) is 12.1 Å². The highest BCUT2D eigenvalue weighted by molar-refractivity contribution is 5.89. The van der Waals surface area contributed by atoms with Crippen LogP contribution in [-0.2, 0) is 4.74 Å². The predicted molar refractivity (Wildman–Crippen MR) is 114 cm³/mol. The molecule has 31 heavy (non-hydrogen) atoms. The van der Waals surface area contributed by atoms with Gasteiger partial charge in [-0.2, -0.15) is 0 Å². The third-order valence-corrected chi connectivity index (χ3v) is 5.66. The van der Waals surface area contributed by atoms with Crippen LogP contribution in [0.4, 0.5) is 5.69 Å². The molecule has 2 aromatic carbocycles. The van der Waals surface area contributed by atoms with Crippen molar-refractivity contribution < 1.29 is 28.7 Å². The number of hydrogen-bond donors (Lipinski definition) is 0. The van der Waals surface area contributed by atoms with Gasteiger partial charge in [-0.3, -0.25) is 10.1 Å². The lowest BCUT2D eigenvalue weighted by Crippen LogP contribution is -2.25. The van der Waals surface area contributed by atoms with Crippen molar-refractivity contribution in [3.63, 3.8) is 0 Å². The summed E-state index contributed by atoms with van der Waals surface area (Å²) in [5.41, 5.74) is 1.12. The molecule has 166 valence electrons. The van der Waals surface area contributed by atoms with E-state index in [-0.39, 0.29) is 23.3 Å². The summed E-state index contributed by atoms with van der Waals surface area (Å²) in [6.45, 7) is 0. The Hall–Kier alpha value is -3.29. The number of nitro benzene ring substituents is 1. The highest BCUT2D eigenvalue weighted by Crippen LogP contribution is 2.46. The molecule has 1 aliphatic carbocycles. The number of carbonyl (C=O) groups excluding carboxylic acids is 1. The Morgan fingerprint density at radius 1 is 0.903 bits per heavy atom. The van der Waals surface area contributed by atoms with E-state index in [0.29, 0.717) is 17.2 Å². The number of esters is 1. The van der Waals surface area contributed by atoms with Gasteiger partial charge in [0.05, 0.1) is 31.8 Å². The third-order valence-electron chi connectivity index (χ3n) is 5.66. The summed E-state index contributed by atoms with van der Waals surface area (Å²) in [4.78, 5) is 23.1. The van der Waals surface area contributed by atoms with E-state index < -0.39 is 10.9 Å². The minimum Gasteiger partial charge on any atom is -0.493 e. The standard InChI is InChI=1S/C23H27NO7/c1-28-20-14-13-18(21(29-2)22(20)30-3)17-7-5-4-6-8-19(17)31-23(25)15-9-11-16(12-10-15)24(26)27/h9-14,17,19H,4-8H2,1-3H3. The van der Waals surface area contributed by atoms with Gasteiger partial charge in [0.2, 0.25) is 5.75 Å². The van der Waals surface area contributed by atoms with Gasteiger partial charge in [0.25, 0.3) is 5.69 Å². The number of nitrogens with zero attached hydrogens (tertiary/aromatic N) is 1. The number of benzene rings is 2. The number of rotatable bonds is 7. The number of ether oxygens (including phenoxy) is 4. The molecule has 0 amide bonds. The van der Waals surface area contributed by atoms with Crippen molar-refractivity contribution in [3.05, 3.63) is 57.6 Å². The highest BCUT2D eigenvalue weighted by atomic mass is 16.6. The highest BCUT2D eigenvalue weighted by Gasteiger charge is 2.32. The molecule has 3 rings (SSSR count). The van der Waals surface area contributed by atoms with Crippen LogP contribution in [0.2, 0.25) is 0 Å². The first-order valence-electron chi connectivity index (χ1n) is 10.2. The lowest BCUT2D eigenvalue weighted by Gasteiger charge is -2.28. The van der Waals surface area contributed by atoms with Crippen LogP contribution in [0.5, 0.6) is 17.2 Å². The van der Waals surface area contributed by atoms with Gasteiger partial charge in [-0.25, -0.2) is 4.79 Å². The molecule has 0 spiro atoms. The first kappa shape index (κ1) is 22.4. The molecule has 0 aliphatic heterocycles. The Labute approximate surface area is 181 Å². The van der Waals surface area contributed by atoms with E-state index in [4.69, 9.17) is 18.9 Å². The van der Waals surface area contributed by atoms with E-state index >= 15 is 0 Å². The molecule has 0 heterocycles. The molecule has 0 N–H and O–H groups in total. The van der Waals surface area contributed by atoms with Crippen molar-refractivity contribution in [1.82, 2.24) is 0 Å². The molecule has 2 aromatic rings. The van der Waals surface area contributed by atoms with E-state index in [0.717, 1.165) is 37.7 Å². The van der Waals surface area contributed by atoms with E-state index in [2.05, 4.69) is 0 Å². The zero-order chi connectivity index (χ0) is 22.4. The second-order valence-electron chi connectivity index (χ2n) is 7.42. The van der Waals surface area contributed by atoms with E-state index in [1.165, 1.54) is 24.3 Å². The second kappa shape index (κ2) is 10.1. The Bertz CT molecular complexity index is 926. The van der Waals surface area contributed by atoms with Gasteiger partial charge in [0, 0.05) is 23.6 Å². The number of non-ortho nitro benzene ring substituents is 1. The quantitative estimate of drug-likeness (QED) is 0.267. The number of carbonyl (C=O) groups is 1. The van der Waals surface area contributed by atoms with Crippen molar-refractivity contribution >= 4 is 11.7 Å². The topological polar surface area (TPSA) is 97.1 Å². The largest absolute Gasteiger partial charge is 0.493 e. The zero-order valence-electron chi connectivity index (χ0n) is 18.0. The van der Waals surface area contributed by atoms with Crippen molar-refractivity contribution in [2.75, 3.05) is 21.3 Å². The Kier molecular flexibility index (Phi) is 7.33. The smallest absolute Gasteiger partial charge is 0.338 e. The van der Waals surface area contributed by atoms with Gasteiger partial charge < -0.3 is 18.9 Å². The Balaban J connectivity index is 1.90. The van der Waals surface area contributed by atoms with Crippen LogP contribution in [0.1, 0.15) is 53.9 Å². The molecule has 1 aliphatic rings. The maximum absolute atomic E-state index is 12.8. The van der Waals surface area contributed by atoms with Crippen LogP contribution in [0, 0.1) is 10.1 Å². The summed E-state index contributed by atoms with van der Waals surface area (Å²) in [5.74, 6) is 1.08. The minimum atomic E-state index is -0.500. The van der Waals surface area contributed by atoms with Crippen molar-refractivity contribution in [1.29, 1.82) is 0 Å². The minimum absolute atomic E-state index is 0.0701. The second-order valence-corrected chi connectivity index (χ2v) is 7.42. The van der Waals surface area contributed by atoms with Gasteiger partial charge in [-0.1, -0.05) is 18.9 Å². The molecule has 2 unspecified atom stereocenters. The van der Waals surface area contributed by atoms with E-state index in [9.17, 15) is 14.9 Å². The summed E-state index contributed by atoms with van der Waals surface area (Å²) >= 11 is 0. The van der Waals surface area contributed by atoms with Crippen LogP contribution >= 0.6 is 0 Å². The average molecular weight is 429 g/mol. The number of nitro groups is 1. The fourth-order valence-electron chi connectivity index (χ4n) is 4.11. The molecule has 2 atom stereocenters. The lowest BCUT2D eigenvalue weighted by atomic mass is 9.88. The molecule has 0 aromatic heterocycles. The maximum Gasteiger partial charge on any atom is 0.338 e. The summed E-state index contributed by atoms with van der Waals surface area (Å²) in [7, 11) is 4.70. The van der Waals surface area contributed by atoms with Crippen LogP contribution in [0.3, 0.4) is 0 Å². The molecule has 0 radical (unpaired) electrons. The average Bonchev–Trinajstić information content (AvgIpc) is 3.03. The molecule has 8 nitrogen and oxygen atoms in total. The molecule has 1 fully saturated rings. The fourth-order valence-corrected chi connectivity index (χ4v) is 4.11. The summed E-state index contributed by atoms with van der Waals surface area (Å²) in [6.07, 6.45) is 4.22. The summed E-state index contributed by atoms with van der Waals surface area (Å²) in [5, 5.41) is 10.9. The lowest BCUT2D eigenvalue weighted by molar-refractivity contribution is -0.384. The fraction of sp³-hybridized carbons (Fsp3) is 0.435. The van der Waals surface area contributed by atoms with Crippen molar-refractivity contribution in [2.24, 2.45) is 0 Å². The van der Waals surface area contributed by atoms with Crippen molar-refractivity contribution in [3.8, 4) is 17.2 Å². The van der Waals surface area contributed by atoms with Crippen LogP contribution in [0.15, 0.2) is 36.4 Å². The summed E-state index contributed by atoms with van der Waals surface area (Å²) in [6, 6.07) is 9.21. The first-order chi connectivity index (χ1) is 15.0. The van der Waals surface area contributed by atoms with Gasteiger partial charge in [0.1, 0.15) is 6.10 Å².